The number of carbonyl (C=O) groups excluding carboxylic acids is 1. The molecule has 6 nitrogen and oxygen atoms in total. The van der Waals surface area contributed by atoms with Gasteiger partial charge in [0.1, 0.15) is 0 Å². The molecule has 1 heterocycles. The first-order valence-corrected chi connectivity index (χ1v) is 8.42. The number of halogens is 1. The number of aromatic nitrogens is 2. The number of sulfonamides is 1. The van der Waals surface area contributed by atoms with Gasteiger partial charge in [-0.25, -0.2) is 9.71 Å². The maximum Gasteiger partial charge on any atom is 0.283 e. The number of benzene rings is 1. The zero-order valence-corrected chi connectivity index (χ0v) is 12.9. The van der Waals surface area contributed by atoms with E-state index in [1.165, 1.54) is 12.4 Å². The molecule has 1 aromatic carbocycles. The number of nitrogens with zero attached hydrogens (tertiary/aromatic N) is 2. The van der Waals surface area contributed by atoms with Crippen LogP contribution in [-0.2, 0) is 14.8 Å². The summed E-state index contributed by atoms with van der Waals surface area (Å²) in [6.45, 7) is 0. The Labute approximate surface area is 132 Å². The Morgan fingerprint density at radius 1 is 1.27 bits per heavy atom. The lowest BCUT2D eigenvalue weighted by Crippen LogP contribution is -2.32. The van der Waals surface area contributed by atoms with Crippen molar-refractivity contribution in [2.45, 2.75) is 17.4 Å². The van der Waals surface area contributed by atoms with Gasteiger partial charge in [-0.2, -0.15) is 8.42 Å². The smallest absolute Gasteiger partial charge is 0.274 e. The fraction of sp³-hybridized carbons (Fsp3) is 0.214. The minimum atomic E-state index is -3.99. The molecule has 2 atom stereocenters. The molecular formula is C14H12ClN3O3S. The summed E-state index contributed by atoms with van der Waals surface area (Å²) >= 11 is 6.09. The summed E-state index contributed by atoms with van der Waals surface area (Å²) < 4.78 is 26.1. The van der Waals surface area contributed by atoms with Crippen LogP contribution in [0, 0.1) is 5.92 Å². The lowest BCUT2D eigenvalue weighted by atomic mass is 10.1. The van der Waals surface area contributed by atoms with Gasteiger partial charge in [0, 0.05) is 23.3 Å². The van der Waals surface area contributed by atoms with E-state index in [1.54, 1.807) is 6.07 Å². The Morgan fingerprint density at radius 3 is 2.73 bits per heavy atom. The van der Waals surface area contributed by atoms with Crippen LogP contribution in [0.4, 0.5) is 0 Å². The maximum atomic E-state index is 12.1. The van der Waals surface area contributed by atoms with E-state index in [9.17, 15) is 13.2 Å². The van der Waals surface area contributed by atoms with Gasteiger partial charge in [0.15, 0.2) is 5.03 Å². The molecular weight excluding hydrogens is 326 g/mol. The first-order valence-electron chi connectivity index (χ1n) is 6.56. The summed E-state index contributed by atoms with van der Waals surface area (Å²) in [6.07, 6.45) is 4.28. The second-order valence-corrected chi connectivity index (χ2v) is 7.02. The molecule has 114 valence electrons. The molecule has 0 aliphatic heterocycles. The molecule has 1 aliphatic carbocycles. The summed E-state index contributed by atoms with van der Waals surface area (Å²) in [6, 6.07) is 7.24. The van der Waals surface area contributed by atoms with Gasteiger partial charge in [0.2, 0.25) is 5.91 Å². The summed E-state index contributed by atoms with van der Waals surface area (Å²) in [5.41, 5.74) is 0.862. The van der Waals surface area contributed by atoms with Gasteiger partial charge >= 0.3 is 0 Å². The van der Waals surface area contributed by atoms with Crippen LogP contribution in [0.2, 0.25) is 5.02 Å². The van der Waals surface area contributed by atoms with Crippen LogP contribution in [0.3, 0.4) is 0 Å². The van der Waals surface area contributed by atoms with Gasteiger partial charge in [0.05, 0.1) is 6.20 Å². The normalized spacial score (nSPS) is 20.4. The molecule has 8 heteroatoms. The van der Waals surface area contributed by atoms with Crippen LogP contribution < -0.4 is 4.72 Å². The minimum absolute atomic E-state index is 0.0502. The van der Waals surface area contributed by atoms with Gasteiger partial charge in [0.25, 0.3) is 10.0 Å². The van der Waals surface area contributed by atoms with Gasteiger partial charge in [-0.1, -0.05) is 29.8 Å². The van der Waals surface area contributed by atoms with E-state index in [0.29, 0.717) is 11.4 Å². The number of hydrogen-bond donors (Lipinski definition) is 1. The molecule has 0 bridgehead atoms. The standard InChI is InChI=1S/C14H12ClN3O3S/c15-12-4-2-1-3-9(12)10-7-11(10)14(19)18-22(20,21)13-8-16-5-6-17-13/h1-6,8,10-11H,7H2,(H,18,19). The predicted octanol–water partition coefficient (Wildman–Crippen LogP) is 1.74. The highest BCUT2D eigenvalue weighted by molar-refractivity contribution is 7.90. The summed E-state index contributed by atoms with van der Waals surface area (Å²) in [4.78, 5) is 19.5. The molecule has 0 saturated heterocycles. The molecule has 3 rings (SSSR count). The third-order valence-corrected chi connectivity index (χ3v) is 5.06. The predicted molar refractivity (Wildman–Crippen MR) is 79.7 cm³/mol. The second kappa shape index (κ2) is 5.66. The van der Waals surface area contributed by atoms with Gasteiger partial charge < -0.3 is 0 Å². The fourth-order valence-electron chi connectivity index (χ4n) is 2.29. The lowest BCUT2D eigenvalue weighted by molar-refractivity contribution is -0.120. The number of hydrogen-bond acceptors (Lipinski definition) is 5. The molecule has 2 aromatic rings. The van der Waals surface area contributed by atoms with Gasteiger partial charge in [-0.15, -0.1) is 0 Å². The number of rotatable bonds is 4. The Bertz CT molecular complexity index is 811. The zero-order chi connectivity index (χ0) is 15.7. The van der Waals surface area contributed by atoms with Crippen molar-refractivity contribution in [2.24, 2.45) is 5.92 Å². The van der Waals surface area contributed by atoms with Gasteiger partial charge in [-0.05, 0) is 24.0 Å². The molecule has 0 radical (unpaired) electrons. The van der Waals surface area contributed by atoms with Gasteiger partial charge in [-0.3, -0.25) is 9.78 Å². The molecule has 2 unspecified atom stereocenters. The first-order chi connectivity index (χ1) is 10.5. The maximum absolute atomic E-state index is 12.1. The number of amides is 1. The van der Waals surface area contributed by atoms with Crippen molar-refractivity contribution in [3.63, 3.8) is 0 Å². The van der Waals surface area contributed by atoms with Crippen LogP contribution in [0.25, 0.3) is 0 Å². The average Bonchev–Trinajstić information content (AvgIpc) is 3.29. The second-order valence-electron chi connectivity index (χ2n) is 4.98. The molecule has 1 aromatic heterocycles. The Hall–Kier alpha value is -1.99. The monoisotopic (exact) mass is 337 g/mol. The van der Waals surface area contributed by atoms with Crippen LogP contribution in [0.1, 0.15) is 17.9 Å². The molecule has 0 spiro atoms. The highest BCUT2D eigenvalue weighted by atomic mass is 35.5. The number of carbonyl (C=O) groups is 1. The van der Waals surface area contributed by atoms with E-state index < -0.39 is 21.8 Å². The van der Waals surface area contributed by atoms with Crippen LogP contribution >= 0.6 is 11.6 Å². The third kappa shape index (κ3) is 2.95. The molecule has 1 saturated carbocycles. The van der Waals surface area contributed by atoms with Crippen molar-refractivity contribution in [1.82, 2.24) is 14.7 Å². The van der Waals surface area contributed by atoms with Crippen LogP contribution in [0.5, 0.6) is 0 Å². The molecule has 1 amide bonds. The van der Waals surface area contributed by atoms with Crippen molar-refractivity contribution < 1.29 is 13.2 Å². The third-order valence-electron chi connectivity index (χ3n) is 3.48. The van der Waals surface area contributed by atoms with Crippen molar-refractivity contribution in [3.05, 3.63) is 53.4 Å². The largest absolute Gasteiger partial charge is 0.283 e. The van der Waals surface area contributed by atoms with Crippen LogP contribution in [0.15, 0.2) is 47.9 Å². The Kier molecular flexibility index (Phi) is 3.84. The summed E-state index contributed by atoms with van der Waals surface area (Å²) in [7, 11) is -3.99. The van der Waals surface area contributed by atoms with Crippen molar-refractivity contribution >= 4 is 27.5 Å². The van der Waals surface area contributed by atoms with E-state index in [1.807, 2.05) is 22.9 Å². The van der Waals surface area contributed by atoms with Crippen LogP contribution in [-0.4, -0.2) is 24.3 Å². The van der Waals surface area contributed by atoms with E-state index in [0.717, 1.165) is 11.8 Å². The van der Waals surface area contributed by atoms with E-state index in [2.05, 4.69) is 9.97 Å². The highest BCUT2D eigenvalue weighted by Gasteiger charge is 2.46. The molecule has 1 N–H and O–H groups in total. The quantitative estimate of drug-likeness (QED) is 0.917. The average molecular weight is 338 g/mol. The minimum Gasteiger partial charge on any atom is -0.274 e. The summed E-state index contributed by atoms with van der Waals surface area (Å²) in [5, 5.41) is 0.304. The SMILES string of the molecule is O=C(NS(=O)(=O)c1cnccn1)C1CC1c1ccccc1Cl. The van der Waals surface area contributed by atoms with E-state index >= 15 is 0 Å². The first kappa shape index (κ1) is 14.9. The molecule has 1 fully saturated rings. The molecule has 22 heavy (non-hydrogen) atoms. The highest BCUT2D eigenvalue weighted by Crippen LogP contribution is 2.49. The van der Waals surface area contributed by atoms with Crippen molar-refractivity contribution in [2.75, 3.05) is 0 Å². The molecule has 1 aliphatic rings. The zero-order valence-electron chi connectivity index (χ0n) is 11.3. The summed E-state index contributed by atoms with van der Waals surface area (Å²) in [5.74, 6) is -0.993. The lowest BCUT2D eigenvalue weighted by Gasteiger charge is -2.06. The fourth-order valence-corrected chi connectivity index (χ4v) is 3.48. The van der Waals surface area contributed by atoms with Crippen molar-refractivity contribution in [1.29, 1.82) is 0 Å². The van der Waals surface area contributed by atoms with E-state index in [4.69, 9.17) is 11.6 Å². The van der Waals surface area contributed by atoms with E-state index in [-0.39, 0.29) is 10.9 Å². The Morgan fingerprint density at radius 2 is 2.05 bits per heavy atom. The topological polar surface area (TPSA) is 89.0 Å². The van der Waals surface area contributed by atoms with Crippen molar-refractivity contribution in [3.8, 4) is 0 Å². The number of nitrogens with one attached hydrogen (secondary N) is 1. The Balaban J connectivity index is 1.71.